The second-order valence-electron chi connectivity index (χ2n) is 5.45. The van der Waals surface area contributed by atoms with Crippen molar-refractivity contribution in [2.45, 2.75) is 25.6 Å². The van der Waals surface area contributed by atoms with Gasteiger partial charge in [0.2, 0.25) is 0 Å². The van der Waals surface area contributed by atoms with Crippen LogP contribution in [0.4, 0.5) is 8.78 Å². The molecule has 1 aromatic heterocycles. The van der Waals surface area contributed by atoms with Gasteiger partial charge in [0.1, 0.15) is 30.4 Å². The van der Waals surface area contributed by atoms with E-state index in [0.29, 0.717) is 6.42 Å². The number of terminal acetylenes is 1. The molecule has 5 nitrogen and oxygen atoms in total. The van der Waals surface area contributed by atoms with Crippen LogP contribution in [-0.4, -0.2) is 15.7 Å². The van der Waals surface area contributed by atoms with Gasteiger partial charge in [-0.1, -0.05) is 17.5 Å². The minimum absolute atomic E-state index is 0.0285. The fourth-order valence-corrected chi connectivity index (χ4v) is 3.12. The lowest BCUT2D eigenvalue weighted by molar-refractivity contribution is 0.266. The Balaban J connectivity index is 2.26. The highest BCUT2D eigenvalue weighted by atomic mass is 35.5. The van der Waals surface area contributed by atoms with Gasteiger partial charge in [-0.15, -0.1) is 6.42 Å². The maximum absolute atomic E-state index is 14.4. The summed E-state index contributed by atoms with van der Waals surface area (Å²) in [6, 6.07) is 3.94. The van der Waals surface area contributed by atoms with Crippen molar-refractivity contribution in [3.63, 3.8) is 0 Å². The Hall–Kier alpha value is -2.77. The number of fused-ring (bicyclic) bond motifs is 1. The van der Waals surface area contributed by atoms with Gasteiger partial charge in [0, 0.05) is 12.6 Å². The van der Waals surface area contributed by atoms with Crippen molar-refractivity contribution in [1.29, 1.82) is 5.26 Å². The molecule has 0 bridgehead atoms. The van der Waals surface area contributed by atoms with Crippen LogP contribution in [0.15, 0.2) is 16.9 Å². The Morgan fingerprint density at radius 3 is 2.92 bits per heavy atom. The maximum Gasteiger partial charge on any atom is 0.334 e. The quantitative estimate of drug-likeness (QED) is 0.787. The summed E-state index contributed by atoms with van der Waals surface area (Å²) in [5.74, 6) is 1.47. The average Bonchev–Trinajstić information content (AvgIpc) is 2.88. The first-order valence-electron chi connectivity index (χ1n) is 7.44. The molecule has 0 N–H and O–H groups in total. The van der Waals surface area contributed by atoms with Crippen molar-refractivity contribution < 1.29 is 13.5 Å². The van der Waals surface area contributed by atoms with Gasteiger partial charge >= 0.3 is 5.69 Å². The molecule has 2 heterocycles. The van der Waals surface area contributed by atoms with E-state index in [1.807, 2.05) is 6.07 Å². The van der Waals surface area contributed by atoms with E-state index in [2.05, 4.69) is 5.92 Å². The molecule has 0 saturated heterocycles. The van der Waals surface area contributed by atoms with Gasteiger partial charge in [-0.25, -0.2) is 18.1 Å². The summed E-state index contributed by atoms with van der Waals surface area (Å²) in [5.41, 5.74) is -1.19. The SMILES string of the molecule is C#CCOc1cc(-n2c(C#N)c3n(c2=O)CCCC3F)c(F)cc1Cl. The van der Waals surface area contributed by atoms with E-state index < -0.39 is 17.7 Å². The number of nitriles is 1. The van der Waals surface area contributed by atoms with E-state index in [1.165, 1.54) is 10.6 Å². The molecule has 0 fully saturated rings. The van der Waals surface area contributed by atoms with E-state index in [0.717, 1.165) is 10.6 Å². The number of halogens is 3. The lowest BCUT2D eigenvalue weighted by Crippen LogP contribution is -2.27. The third kappa shape index (κ3) is 2.77. The van der Waals surface area contributed by atoms with Gasteiger partial charge in [0.25, 0.3) is 0 Å². The predicted molar refractivity (Wildman–Crippen MR) is 87.1 cm³/mol. The van der Waals surface area contributed by atoms with Gasteiger partial charge in [0.15, 0.2) is 5.69 Å². The van der Waals surface area contributed by atoms with Gasteiger partial charge in [0.05, 0.1) is 16.4 Å². The number of alkyl halides is 1. The molecule has 3 rings (SSSR count). The normalized spacial score (nSPS) is 16.0. The van der Waals surface area contributed by atoms with Crippen molar-refractivity contribution in [2.75, 3.05) is 6.61 Å². The maximum atomic E-state index is 14.4. The minimum atomic E-state index is -1.45. The van der Waals surface area contributed by atoms with Crippen LogP contribution >= 0.6 is 11.6 Å². The number of hydrogen-bond donors (Lipinski definition) is 0. The van der Waals surface area contributed by atoms with Crippen LogP contribution in [0.25, 0.3) is 5.69 Å². The highest BCUT2D eigenvalue weighted by molar-refractivity contribution is 6.32. The van der Waals surface area contributed by atoms with E-state index >= 15 is 0 Å². The Labute approximate surface area is 147 Å². The molecule has 128 valence electrons. The third-order valence-electron chi connectivity index (χ3n) is 3.97. The standard InChI is InChI=1S/C17H12ClF2N3O2/c1-2-6-25-15-8-13(12(20)7-10(15)18)23-14(9-21)16-11(19)4-3-5-22(16)17(23)24/h1,7-8,11H,3-6H2. The van der Waals surface area contributed by atoms with Crippen molar-refractivity contribution in [2.24, 2.45) is 0 Å². The van der Waals surface area contributed by atoms with Gasteiger partial charge in [-0.05, 0) is 18.9 Å². The Kier molecular flexibility index (Phi) is 4.52. The molecule has 1 aliphatic heterocycles. The van der Waals surface area contributed by atoms with Gasteiger partial charge < -0.3 is 4.74 Å². The molecule has 8 heteroatoms. The van der Waals surface area contributed by atoms with Crippen LogP contribution in [0.5, 0.6) is 5.75 Å². The van der Waals surface area contributed by atoms with E-state index in [-0.39, 0.29) is 47.4 Å². The largest absolute Gasteiger partial charge is 0.479 e. The first-order chi connectivity index (χ1) is 12.0. The number of ether oxygens (including phenoxy) is 1. The summed E-state index contributed by atoms with van der Waals surface area (Å²) in [5, 5.41) is 9.40. The molecule has 0 amide bonds. The van der Waals surface area contributed by atoms with Gasteiger partial charge in [-0.3, -0.25) is 4.57 Å². The summed E-state index contributed by atoms with van der Waals surface area (Å²) in [7, 11) is 0. The molecule has 1 atom stereocenters. The van der Waals surface area contributed by atoms with E-state index in [1.54, 1.807) is 0 Å². The first kappa shape index (κ1) is 17.1. The van der Waals surface area contributed by atoms with E-state index in [9.17, 15) is 18.8 Å². The summed E-state index contributed by atoms with van der Waals surface area (Å²) in [4.78, 5) is 12.6. The number of benzene rings is 1. The Morgan fingerprint density at radius 2 is 2.24 bits per heavy atom. The third-order valence-corrected chi connectivity index (χ3v) is 4.27. The smallest absolute Gasteiger partial charge is 0.334 e. The van der Waals surface area contributed by atoms with Crippen LogP contribution in [0, 0.1) is 29.5 Å². The van der Waals surface area contributed by atoms with Crippen LogP contribution in [0.3, 0.4) is 0 Å². The fraction of sp³-hybridized carbons (Fsp3) is 0.294. The molecule has 0 spiro atoms. The Morgan fingerprint density at radius 1 is 1.48 bits per heavy atom. The molecule has 1 aromatic carbocycles. The van der Waals surface area contributed by atoms with Crippen molar-refractivity contribution >= 4 is 11.6 Å². The number of aromatic nitrogens is 2. The zero-order valence-electron chi connectivity index (χ0n) is 12.9. The van der Waals surface area contributed by atoms with Crippen LogP contribution < -0.4 is 10.4 Å². The number of nitrogens with zero attached hydrogens (tertiary/aromatic N) is 3. The summed E-state index contributed by atoms with van der Waals surface area (Å²) in [6.07, 6.45) is 4.33. The van der Waals surface area contributed by atoms with Crippen LogP contribution in [0.2, 0.25) is 5.02 Å². The second-order valence-corrected chi connectivity index (χ2v) is 5.86. The first-order valence-corrected chi connectivity index (χ1v) is 7.82. The predicted octanol–water partition coefficient (Wildman–Crippen LogP) is 3.12. The lowest BCUT2D eigenvalue weighted by Gasteiger charge is -2.16. The zero-order chi connectivity index (χ0) is 18.1. The van der Waals surface area contributed by atoms with Crippen molar-refractivity contribution in [3.8, 4) is 29.8 Å². The zero-order valence-corrected chi connectivity index (χ0v) is 13.7. The van der Waals surface area contributed by atoms with Crippen molar-refractivity contribution in [1.82, 2.24) is 9.13 Å². The molecule has 1 aliphatic rings. The highest BCUT2D eigenvalue weighted by Gasteiger charge is 2.31. The highest BCUT2D eigenvalue weighted by Crippen LogP contribution is 2.34. The fourth-order valence-electron chi connectivity index (χ4n) is 2.91. The van der Waals surface area contributed by atoms with Gasteiger partial charge in [-0.2, -0.15) is 5.26 Å². The van der Waals surface area contributed by atoms with Crippen molar-refractivity contribution in [3.05, 3.63) is 44.8 Å². The molecule has 0 radical (unpaired) electrons. The molecule has 0 saturated carbocycles. The molecule has 2 aromatic rings. The lowest BCUT2D eigenvalue weighted by atomic mass is 10.1. The molecular formula is C17H12ClF2N3O2. The molecule has 1 unspecified atom stereocenters. The van der Waals surface area contributed by atoms with Crippen LogP contribution in [-0.2, 0) is 6.54 Å². The molecule has 25 heavy (non-hydrogen) atoms. The topological polar surface area (TPSA) is 60.0 Å². The molecule has 0 aliphatic carbocycles. The number of rotatable bonds is 3. The second kappa shape index (κ2) is 6.62. The monoisotopic (exact) mass is 363 g/mol. The minimum Gasteiger partial charge on any atom is -0.479 e. The average molecular weight is 364 g/mol. The summed E-state index contributed by atoms with van der Waals surface area (Å²) < 4.78 is 35.9. The summed E-state index contributed by atoms with van der Waals surface area (Å²) in [6.45, 7) is 0.162. The van der Waals surface area contributed by atoms with Crippen LogP contribution in [0.1, 0.15) is 30.4 Å². The Bertz CT molecular complexity index is 982. The number of imidazole rings is 1. The molecular weight excluding hydrogens is 352 g/mol. The van der Waals surface area contributed by atoms with E-state index in [4.69, 9.17) is 22.8 Å². The summed E-state index contributed by atoms with van der Waals surface area (Å²) >= 11 is 5.91. The number of hydrogen-bond acceptors (Lipinski definition) is 3.